The van der Waals surface area contributed by atoms with E-state index < -0.39 is 5.91 Å². The van der Waals surface area contributed by atoms with Gasteiger partial charge in [0, 0.05) is 63.6 Å². The monoisotopic (exact) mass is 559 g/mol. The second-order valence-corrected chi connectivity index (χ2v) is 9.98. The Balaban J connectivity index is 1.51. The molecule has 2 aromatic rings. The number of amides is 3. The van der Waals surface area contributed by atoms with E-state index in [1.165, 1.54) is 0 Å². The van der Waals surface area contributed by atoms with Crippen molar-refractivity contribution in [3.05, 3.63) is 23.8 Å². The van der Waals surface area contributed by atoms with E-state index in [2.05, 4.69) is 36.6 Å². The fourth-order valence-corrected chi connectivity index (χ4v) is 3.65. The van der Waals surface area contributed by atoms with Gasteiger partial charge < -0.3 is 20.7 Å². The minimum absolute atomic E-state index is 0.0380. The first kappa shape index (κ1) is 32.2. The summed E-state index contributed by atoms with van der Waals surface area (Å²) in [5, 5.41) is 23.9. The number of aryl methyl sites for hydroxylation is 3. The maximum atomic E-state index is 12.0. The lowest BCUT2D eigenvalue weighted by molar-refractivity contribution is -0.127. The number of nitrogens with zero attached hydrogens (tertiary/aromatic N) is 6. The molecule has 0 aromatic carbocycles. The van der Waals surface area contributed by atoms with Gasteiger partial charge in [-0.15, -0.1) is 10.2 Å². The van der Waals surface area contributed by atoms with Crippen molar-refractivity contribution in [1.29, 1.82) is 0 Å². The van der Waals surface area contributed by atoms with E-state index in [0.717, 1.165) is 5.69 Å². The van der Waals surface area contributed by atoms with Gasteiger partial charge in [-0.1, -0.05) is 24.3 Å². The molecule has 0 unspecified atom stereocenters. The van der Waals surface area contributed by atoms with E-state index in [1.807, 2.05) is 20.0 Å². The summed E-state index contributed by atoms with van der Waals surface area (Å²) < 4.78 is 3.37. The molecule has 0 radical (unpaired) electrons. The second-order valence-electron chi connectivity index (χ2n) is 9.98. The zero-order valence-corrected chi connectivity index (χ0v) is 23.6. The van der Waals surface area contributed by atoms with Crippen LogP contribution in [0.1, 0.15) is 70.7 Å². The summed E-state index contributed by atoms with van der Waals surface area (Å²) in [7, 11) is 0. The Labute approximate surface area is 234 Å². The number of aromatic nitrogens is 6. The molecule has 2 rings (SSSR count). The highest BCUT2D eigenvalue weighted by Crippen LogP contribution is 2.05. The van der Waals surface area contributed by atoms with Crippen molar-refractivity contribution >= 4 is 29.3 Å². The van der Waals surface area contributed by atoms with Crippen LogP contribution in [0.15, 0.2) is 12.4 Å². The molecule has 0 saturated heterocycles. The molecule has 0 aliphatic carbocycles. The van der Waals surface area contributed by atoms with Crippen LogP contribution in [0.4, 0.5) is 0 Å². The van der Waals surface area contributed by atoms with Crippen molar-refractivity contribution in [2.75, 3.05) is 19.6 Å². The lowest BCUT2D eigenvalue weighted by Gasteiger charge is -2.07. The van der Waals surface area contributed by atoms with Crippen LogP contribution in [0, 0.1) is 5.92 Å². The number of ketones is 2. The standard InChI is InChI=1S/C26H41N9O5/c1-19(2)23(37)9-6-14-35-17-21(30-32-35)8-4-10-24(38)28-16-26(40)29-15-25(39)27-12-11-22-18-34(33-31-22)13-5-7-20(3)36/h17-19H,4-16H2,1-3H3,(H,27,39)(H,28,38)(H,29,40). The highest BCUT2D eigenvalue weighted by atomic mass is 16.2. The van der Waals surface area contributed by atoms with Crippen LogP contribution in [0.25, 0.3) is 0 Å². The molecule has 3 amide bonds. The number of hydrogen-bond acceptors (Lipinski definition) is 9. The summed E-state index contributed by atoms with van der Waals surface area (Å²) in [6.07, 6.45) is 7.84. The molecule has 0 fully saturated rings. The van der Waals surface area contributed by atoms with Gasteiger partial charge in [0.1, 0.15) is 11.6 Å². The summed E-state index contributed by atoms with van der Waals surface area (Å²) in [6, 6.07) is 0. The molecule has 2 heterocycles. The first-order valence-corrected chi connectivity index (χ1v) is 13.7. The van der Waals surface area contributed by atoms with Crippen molar-refractivity contribution < 1.29 is 24.0 Å². The van der Waals surface area contributed by atoms with E-state index >= 15 is 0 Å². The Morgan fingerprint density at radius 1 is 0.725 bits per heavy atom. The van der Waals surface area contributed by atoms with Gasteiger partial charge in [-0.05, 0) is 32.6 Å². The smallest absolute Gasteiger partial charge is 0.239 e. The zero-order chi connectivity index (χ0) is 29.3. The Hall–Kier alpha value is -3.97. The van der Waals surface area contributed by atoms with Crippen LogP contribution >= 0.6 is 0 Å². The fraction of sp³-hybridized carbons (Fsp3) is 0.654. The fourth-order valence-electron chi connectivity index (χ4n) is 3.65. The maximum absolute atomic E-state index is 12.0. The van der Waals surface area contributed by atoms with E-state index in [1.54, 1.807) is 22.5 Å². The molecule has 2 aromatic heterocycles. The molecule has 0 spiro atoms. The zero-order valence-electron chi connectivity index (χ0n) is 23.6. The largest absolute Gasteiger partial charge is 0.354 e. The maximum Gasteiger partial charge on any atom is 0.239 e. The normalized spacial score (nSPS) is 10.9. The third kappa shape index (κ3) is 13.7. The van der Waals surface area contributed by atoms with Crippen LogP contribution in [0.3, 0.4) is 0 Å². The summed E-state index contributed by atoms with van der Waals surface area (Å²) in [5.41, 5.74) is 1.48. The molecule has 0 atom stereocenters. The van der Waals surface area contributed by atoms with Crippen molar-refractivity contribution in [1.82, 2.24) is 45.9 Å². The summed E-state index contributed by atoms with van der Waals surface area (Å²) in [6.45, 7) is 6.47. The Kier molecular flexibility index (Phi) is 14.2. The third-order valence-corrected chi connectivity index (χ3v) is 5.97. The van der Waals surface area contributed by atoms with E-state index in [4.69, 9.17) is 0 Å². The van der Waals surface area contributed by atoms with Gasteiger partial charge in [0.2, 0.25) is 17.7 Å². The number of hydrogen-bond donors (Lipinski definition) is 3. The molecule has 0 bridgehead atoms. The number of Topliss-reactive ketones (excluding diaryl/α,β-unsaturated/α-hetero) is 2. The predicted octanol–water partition coefficient (Wildman–Crippen LogP) is 0.158. The Bertz CT molecular complexity index is 1130. The average molecular weight is 560 g/mol. The molecule has 14 nitrogen and oxygen atoms in total. The molecule has 14 heteroatoms. The lowest BCUT2D eigenvalue weighted by atomic mass is 10.1. The third-order valence-electron chi connectivity index (χ3n) is 5.97. The van der Waals surface area contributed by atoms with Crippen molar-refractivity contribution in [3.8, 4) is 0 Å². The molecule has 0 aliphatic heterocycles. The Morgan fingerprint density at radius 2 is 1.27 bits per heavy atom. The molecular weight excluding hydrogens is 518 g/mol. The van der Waals surface area contributed by atoms with E-state index in [0.29, 0.717) is 70.3 Å². The summed E-state index contributed by atoms with van der Waals surface area (Å²) in [5.74, 6) is -0.680. The van der Waals surface area contributed by atoms with Crippen LogP contribution in [0.2, 0.25) is 0 Å². The van der Waals surface area contributed by atoms with Gasteiger partial charge in [-0.2, -0.15) is 0 Å². The predicted molar refractivity (Wildman–Crippen MR) is 145 cm³/mol. The van der Waals surface area contributed by atoms with E-state index in [-0.39, 0.29) is 48.8 Å². The Morgan fingerprint density at radius 3 is 1.88 bits per heavy atom. The van der Waals surface area contributed by atoms with Crippen molar-refractivity contribution in [3.63, 3.8) is 0 Å². The van der Waals surface area contributed by atoms with Crippen molar-refractivity contribution in [2.24, 2.45) is 5.92 Å². The number of carbonyl (C=O) groups is 5. The summed E-state index contributed by atoms with van der Waals surface area (Å²) in [4.78, 5) is 58.6. The molecule has 220 valence electrons. The minimum Gasteiger partial charge on any atom is -0.354 e. The topological polar surface area (TPSA) is 183 Å². The SMILES string of the molecule is CC(=O)CCCn1cc(CCNC(=O)CNC(=O)CNC(=O)CCCc2cn(CCCC(=O)C(C)C)nn2)nn1. The van der Waals surface area contributed by atoms with E-state index in [9.17, 15) is 24.0 Å². The number of nitrogens with one attached hydrogen (secondary N) is 3. The van der Waals surface area contributed by atoms with Gasteiger partial charge in [-0.25, -0.2) is 0 Å². The average Bonchev–Trinajstić information content (AvgIpc) is 3.55. The molecule has 0 aliphatic rings. The van der Waals surface area contributed by atoms with Crippen LogP contribution < -0.4 is 16.0 Å². The van der Waals surface area contributed by atoms with Crippen molar-refractivity contribution in [2.45, 2.75) is 85.2 Å². The van der Waals surface area contributed by atoms with Gasteiger partial charge in [0.25, 0.3) is 0 Å². The molecule has 40 heavy (non-hydrogen) atoms. The molecular formula is C26H41N9O5. The second kappa shape index (κ2) is 17.6. The van der Waals surface area contributed by atoms with Gasteiger partial charge in [-0.3, -0.25) is 28.5 Å². The highest BCUT2D eigenvalue weighted by Gasteiger charge is 2.10. The van der Waals surface area contributed by atoms with Gasteiger partial charge in [0.15, 0.2) is 0 Å². The first-order valence-electron chi connectivity index (χ1n) is 13.7. The van der Waals surface area contributed by atoms with Gasteiger partial charge >= 0.3 is 0 Å². The highest BCUT2D eigenvalue weighted by molar-refractivity contribution is 5.88. The van der Waals surface area contributed by atoms with Crippen LogP contribution in [-0.4, -0.2) is 78.9 Å². The quantitative estimate of drug-likeness (QED) is 0.203. The van der Waals surface area contributed by atoms with Crippen LogP contribution in [-0.2, 0) is 49.9 Å². The molecule has 0 saturated carbocycles. The van der Waals surface area contributed by atoms with Gasteiger partial charge in [0.05, 0.1) is 24.5 Å². The first-order chi connectivity index (χ1) is 19.1. The lowest BCUT2D eigenvalue weighted by Crippen LogP contribution is -2.42. The van der Waals surface area contributed by atoms with Crippen LogP contribution in [0.5, 0.6) is 0 Å². The number of rotatable bonds is 20. The number of carbonyl (C=O) groups excluding carboxylic acids is 5. The minimum atomic E-state index is -0.462. The molecule has 3 N–H and O–H groups in total. The summed E-state index contributed by atoms with van der Waals surface area (Å²) >= 11 is 0.